The molecule has 5 heteroatoms. The molecule has 0 amide bonds. The van der Waals surface area contributed by atoms with Gasteiger partial charge in [-0.1, -0.05) is 13.8 Å². The minimum Gasteiger partial charge on any atom is -0.382 e. The zero-order valence-corrected chi connectivity index (χ0v) is 11.1. The Morgan fingerprint density at radius 3 is 2.79 bits per heavy atom. The summed E-state index contributed by atoms with van der Waals surface area (Å²) >= 11 is 0. The van der Waals surface area contributed by atoms with Gasteiger partial charge in [0.15, 0.2) is 0 Å². The number of nitrogens with zero attached hydrogens (tertiary/aromatic N) is 2. The Labute approximate surface area is 112 Å². The fourth-order valence-corrected chi connectivity index (χ4v) is 2.66. The molecule has 0 spiro atoms. The van der Waals surface area contributed by atoms with E-state index >= 15 is 0 Å². The third-order valence-corrected chi connectivity index (χ3v) is 3.65. The fraction of sp³-hybridized carbons (Fsp3) is 0.500. The molecule has 5 nitrogen and oxygen atoms in total. The zero-order valence-electron chi connectivity index (χ0n) is 11.1. The standard InChI is InChI=1S/C14H17N3O2/c1-14(2)6-5-12(8-14)16-11-4-3-10(9-15)13(7-11)17(18)19/h3-4,7,12,16H,5-6,8H2,1-2H3. The summed E-state index contributed by atoms with van der Waals surface area (Å²) < 4.78 is 0. The minimum absolute atomic E-state index is 0.0994. The number of anilines is 1. The molecule has 1 aromatic carbocycles. The molecule has 1 unspecified atom stereocenters. The molecule has 0 aliphatic heterocycles. The maximum Gasteiger partial charge on any atom is 0.289 e. The molecule has 0 radical (unpaired) electrons. The van der Waals surface area contributed by atoms with Crippen LogP contribution in [-0.4, -0.2) is 11.0 Å². The third-order valence-electron chi connectivity index (χ3n) is 3.65. The highest BCUT2D eigenvalue weighted by Gasteiger charge is 2.31. The molecule has 1 saturated carbocycles. The summed E-state index contributed by atoms with van der Waals surface area (Å²) in [5, 5.41) is 23.1. The van der Waals surface area contributed by atoms with E-state index < -0.39 is 4.92 Å². The van der Waals surface area contributed by atoms with Crippen molar-refractivity contribution in [3.63, 3.8) is 0 Å². The first-order chi connectivity index (χ1) is 8.91. The van der Waals surface area contributed by atoms with Crippen molar-refractivity contribution < 1.29 is 4.92 Å². The van der Waals surface area contributed by atoms with Crippen LogP contribution >= 0.6 is 0 Å². The second kappa shape index (κ2) is 4.88. The molecule has 1 atom stereocenters. The van der Waals surface area contributed by atoms with E-state index in [0.29, 0.717) is 17.1 Å². The summed E-state index contributed by atoms with van der Waals surface area (Å²) in [6.45, 7) is 4.46. The van der Waals surface area contributed by atoms with E-state index in [9.17, 15) is 10.1 Å². The predicted molar refractivity (Wildman–Crippen MR) is 72.9 cm³/mol. The molecule has 2 rings (SSSR count). The summed E-state index contributed by atoms with van der Waals surface area (Å²) in [6, 6.07) is 6.87. The number of hydrogen-bond donors (Lipinski definition) is 1. The number of nitriles is 1. The molecule has 0 bridgehead atoms. The smallest absolute Gasteiger partial charge is 0.289 e. The fourth-order valence-electron chi connectivity index (χ4n) is 2.66. The van der Waals surface area contributed by atoms with E-state index in [-0.39, 0.29) is 11.3 Å². The molecule has 1 N–H and O–H groups in total. The van der Waals surface area contributed by atoms with Crippen LogP contribution in [0, 0.1) is 26.9 Å². The lowest BCUT2D eigenvalue weighted by Gasteiger charge is -2.18. The summed E-state index contributed by atoms with van der Waals surface area (Å²) in [6.07, 6.45) is 3.28. The number of nitro groups is 1. The maximum atomic E-state index is 10.9. The van der Waals surface area contributed by atoms with E-state index in [1.54, 1.807) is 6.07 Å². The first-order valence-electron chi connectivity index (χ1n) is 6.36. The number of nitro benzene ring substituents is 1. The summed E-state index contributed by atoms with van der Waals surface area (Å²) in [4.78, 5) is 10.4. The highest BCUT2D eigenvalue weighted by Crippen LogP contribution is 2.38. The summed E-state index contributed by atoms with van der Waals surface area (Å²) in [5.74, 6) is 0. The molecule has 1 fully saturated rings. The average Bonchev–Trinajstić information content (AvgIpc) is 2.68. The molecule has 1 aliphatic rings. The van der Waals surface area contributed by atoms with Gasteiger partial charge in [0, 0.05) is 17.8 Å². The van der Waals surface area contributed by atoms with Crippen LogP contribution in [0.3, 0.4) is 0 Å². The van der Waals surface area contributed by atoms with Gasteiger partial charge in [0.2, 0.25) is 0 Å². The van der Waals surface area contributed by atoms with Gasteiger partial charge in [-0.2, -0.15) is 5.26 Å². The van der Waals surface area contributed by atoms with E-state index in [4.69, 9.17) is 5.26 Å². The van der Waals surface area contributed by atoms with E-state index in [2.05, 4.69) is 19.2 Å². The van der Waals surface area contributed by atoms with Crippen LogP contribution in [0.1, 0.15) is 38.7 Å². The van der Waals surface area contributed by atoms with Crippen molar-refractivity contribution in [2.24, 2.45) is 5.41 Å². The average molecular weight is 259 g/mol. The first-order valence-corrected chi connectivity index (χ1v) is 6.36. The number of benzene rings is 1. The van der Waals surface area contributed by atoms with Crippen LogP contribution in [0.2, 0.25) is 0 Å². The number of nitrogens with one attached hydrogen (secondary N) is 1. The van der Waals surface area contributed by atoms with Crippen LogP contribution < -0.4 is 5.32 Å². The predicted octanol–water partition coefficient (Wildman–Crippen LogP) is 3.46. The van der Waals surface area contributed by atoms with Crippen LogP contribution in [-0.2, 0) is 0 Å². The number of rotatable bonds is 3. The van der Waals surface area contributed by atoms with Gasteiger partial charge in [-0.25, -0.2) is 0 Å². The number of hydrogen-bond acceptors (Lipinski definition) is 4. The molecule has 1 aromatic rings. The third kappa shape index (κ3) is 3.02. The molecule has 19 heavy (non-hydrogen) atoms. The lowest BCUT2D eigenvalue weighted by atomic mass is 9.92. The van der Waals surface area contributed by atoms with Crippen molar-refractivity contribution in [2.45, 2.75) is 39.2 Å². The second-order valence-electron chi connectivity index (χ2n) is 5.85. The normalized spacial score (nSPS) is 20.8. The van der Waals surface area contributed by atoms with Crippen LogP contribution in [0.15, 0.2) is 18.2 Å². The van der Waals surface area contributed by atoms with Gasteiger partial charge < -0.3 is 5.32 Å². The Hall–Kier alpha value is -2.09. The molecule has 100 valence electrons. The van der Waals surface area contributed by atoms with Gasteiger partial charge in [-0.15, -0.1) is 0 Å². The highest BCUT2D eigenvalue weighted by molar-refractivity contribution is 5.59. The van der Waals surface area contributed by atoms with Crippen molar-refractivity contribution in [3.8, 4) is 6.07 Å². The Morgan fingerprint density at radius 1 is 1.53 bits per heavy atom. The SMILES string of the molecule is CC1(C)CCC(Nc2ccc(C#N)c([N+](=O)[O-])c2)C1. The molecular formula is C14H17N3O2. The maximum absolute atomic E-state index is 10.9. The van der Waals surface area contributed by atoms with Gasteiger partial charge in [0.25, 0.3) is 5.69 Å². The second-order valence-corrected chi connectivity index (χ2v) is 5.85. The highest BCUT2D eigenvalue weighted by atomic mass is 16.6. The van der Waals surface area contributed by atoms with Gasteiger partial charge in [-0.3, -0.25) is 10.1 Å². The Bertz CT molecular complexity index is 546. The van der Waals surface area contributed by atoms with Gasteiger partial charge >= 0.3 is 0 Å². The Kier molecular flexibility index (Phi) is 3.43. The molecule has 0 saturated heterocycles. The van der Waals surface area contributed by atoms with Gasteiger partial charge in [-0.05, 0) is 36.8 Å². The van der Waals surface area contributed by atoms with Gasteiger partial charge in [0.05, 0.1) is 4.92 Å². The van der Waals surface area contributed by atoms with Crippen molar-refractivity contribution >= 4 is 11.4 Å². The quantitative estimate of drug-likeness (QED) is 0.666. The molecule has 1 aliphatic carbocycles. The van der Waals surface area contributed by atoms with E-state index in [0.717, 1.165) is 19.3 Å². The summed E-state index contributed by atoms with van der Waals surface area (Å²) in [7, 11) is 0. The minimum atomic E-state index is -0.512. The largest absolute Gasteiger partial charge is 0.382 e. The van der Waals surface area contributed by atoms with Crippen LogP contribution in [0.4, 0.5) is 11.4 Å². The lowest BCUT2D eigenvalue weighted by Crippen LogP contribution is -2.17. The van der Waals surface area contributed by atoms with Crippen LogP contribution in [0.25, 0.3) is 0 Å². The van der Waals surface area contributed by atoms with Crippen molar-refractivity contribution in [2.75, 3.05) is 5.32 Å². The van der Waals surface area contributed by atoms with Crippen molar-refractivity contribution in [1.82, 2.24) is 0 Å². The molecular weight excluding hydrogens is 242 g/mol. The van der Waals surface area contributed by atoms with Crippen molar-refractivity contribution in [3.05, 3.63) is 33.9 Å². The van der Waals surface area contributed by atoms with Gasteiger partial charge in [0.1, 0.15) is 11.6 Å². The molecule has 0 heterocycles. The van der Waals surface area contributed by atoms with Crippen LogP contribution in [0.5, 0.6) is 0 Å². The zero-order chi connectivity index (χ0) is 14.0. The van der Waals surface area contributed by atoms with Crippen molar-refractivity contribution in [1.29, 1.82) is 5.26 Å². The molecule has 0 aromatic heterocycles. The first kappa shape index (κ1) is 13.3. The Balaban J connectivity index is 2.16. The Morgan fingerprint density at radius 2 is 2.26 bits per heavy atom. The lowest BCUT2D eigenvalue weighted by molar-refractivity contribution is -0.385. The van der Waals surface area contributed by atoms with E-state index in [1.165, 1.54) is 12.1 Å². The topological polar surface area (TPSA) is 79.0 Å². The van der Waals surface area contributed by atoms with E-state index in [1.807, 2.05) is 6.07 Å². The summed E-state index contributed by atoms with van der Waals surface area (Å²) in [5.41, 5.74) is 1.01. The monoisotopic (exact) mass is 259 g/mol.